The van der Waals surface area contributed by atoms with Crippen molar-refractivity contribution in [1.29, 1.82) is 0 Å². The van der Waals surface area contributed by atoms with Crippen LogP contribution >= 0.6 is 39.1 Å². The molecule has 0 spiro atoms. The zero-order chi connectivity index (χ0) is 10.1. The van der Waals surface area contributed by atoms with Crippen LogP contribution in [0.25, 0.3) is 5.69 Å². The number of rotatable bonds is 1. The van der Waals surface area contributed by atoms with E-state index in [1.54, 1.807) is 16.7 Å². The Bertz CT molecular complexity index is 469. The summed E-state index contributed by atoms with van der Waals surface area (Å²) in [5.41, 5.74) is 0.813. The third kappa shape index (κ3) is 1.78. The molecule has 2 rings (SSSR count). The first kappa shape index (κ1) is 9.96. The average molecular weight is 293 g/mol. The Kier molecular flexibility index (Phi) is 2.76. The highest BCUT2D eigenvalue weighted by molar-refractivity contribution is 9.10. The molecule has 0 N–H and O–H groups in total. The molecule has 0 saturated heterocycles. The molecule has 0 atom stereocenters. The average Bonchev–Trinajstić information content (AvgIpc) is 2.56. The van der Waals surface area contributed by atoms with E-state index in [-0.39, 0.29) is 0 Å². The third-order valence-electron chi connectivity index (χ3n) is 1.67. The quantitative estimate of drug-likeness (QED) is 0.807. The van der Waals surface area contributed by atoms with Crippen molar-refractivity contribution in [3.05, 3.63) is 39.3 Å². The normalized spacial score (nSPS) is 10.5. The second-order valence-corrected chi connectivity index (χ2v) is 4.19. The van der Waals surface area contributed by atoms with Crippen LogP contribution < -0.4 is 0 Å². The summed E-state index contributed by atoms with van der Waals surface area (Å²) in [6.45, 7) is 0. The van der Waals surface area contributed by atoms with E-state index in [0.29, 0.717) is 10.3 Å². The predicted molar refractivity (Wildman–Crippen MR) is 59.1 cm³/mol. The van der Waals surface area contributed by atoms with Crippen molar-refractivity contribution in [2.45, 2.75) is 0 Å². The summed E-state index contributed by atoms with van der Waals surface area (Å²) in [4.78, 5) is 0. The highest BCUT2D eigenvalue weighted by Gasteiger charge is 2.07. The lowest BCUT2D eigenvalue weighted by Crippen LogP contribution is -1.93. The summed E-state index contributed by atoms with van der Waals surface area (Å²) >= 11 is 15.1. The highest BCUT2D eigenvalue weighted by atomic mass is 79.9. The molecular weight excluding hydrogens is 289 g/mol. The van der Waals surface area contributed by atoms with Crippen LogP contribution in [0.5, 0.6) is 0 Å². The van der Waals surface area contributed by atoms with E-state index in [1.807, 2.05) is 6.07 Å². The van der Waals surface area contributed by atoms with Gasteiger partial charge >= 0.3 is 0 Å². The topological polar surface area (TPSA) is 30.7 Å². The fourth-order valence-electron chi connectivity index (χ4n) is 1.05. The third-order valence-corrected chi connectivity index (χ3v) is 2.84. The molecule has 0 bridgehead atoms. The Hall–Kier alpha value is -0.580. The van der Waals surface area contributed by atoms with Crippen LogP contribution in [0.2, 0.25) is 10.3 Å². The van der Waals surface area contributed by atoms with Crippen molar-refractivity contribution in [2.24, 2.45) is 0 Å². The SMILES string of the molecule is Clc1ccc(Br)c(-n2cnnc2Cl)c1. The molecule has 6 heteroatoms. The summed E-state index contributed by atoms with van der Waals surface area (Å²) in [5, 5.41) is 8.30. The molecule has 14 heavy (non-hydrogen) atoms. The summed E-state index contributed by atoms with van der Waals surface area (Å²) in [5.74, 6) is 0. The molecule has 0 radical (unpaired) electrons. The first-order valence-corrected chi connectivity index (χ1v) is 5.24. The van der Waals surface area contributed by atoms with Gasteiger partial charge in [-0.25, -0.2) is 0 Å². The molecule has 0 saturated carbocycles. The van der Waals surface area contributed by atoms with Gasteiger partial charge in [-0.2, -0.15) is 0 Å². The molecule has 0 aliphatic rings. The second kappa shape index (κ2) is 3.88. The predicted octanol–water partition coefficient (Wildman–Crippen LogP) is 3.34. The van der Waals surface area contributed by atoms with Crippen molar-refractivity contribution < 1.29 is 0 Å². The Balaban J connectivity index is 2.62. The molecule has 0 aliphatic heterocycles. The number of benzene rings is 1. The van der Waals surface area contributed by atoms with E-state index in [1.165, 1.54) is 6.33 Å². The van der Waals surface area contributed by atoms with Crippen LogP contribution in [0.4, 0.5) is 0 Å². The molecular formula is C8H4BrCl2N3. The maximum absolute atomic E-state index is 5.87. The molecule has 72 valence electrons. The van der Waals surface area contributed by atoms with Crippen molar-refractivity contribution >= 4 is 39.1 Å². The molecule has 1 aromatic carbocycles. The van der Waals surface area contributed by atoms with Crippen LogP contribution in [-0.2, 0) is 0 Å². The maximum atomic E-state index is 5.87. The molecule has 0 aliphatic carbocycles. The molecule has 3 nitrogen and oxygen atoms in total. The zero-order valence-electron chi connectivity index (χ0n) is 6.78. The zero-order valence-corrected chi connectivity index (χ0v) is 9.88. The summed E-state index contributed by atoms with van der Waals surface area (Å²) < 4.78 is 2.51. The van der Waals surface area contributed by atoms with Gasteiger partial charge in [0, 0.05) is 9.50 Å². The van der Waals surface area contributed by atoms with Crippen LogP contribution in [-0.4, -0.2) is 14.8 Å². The highest BCUT2D eigenvalue weighted by Crippen LogP contribution is 2.26. The Morgan fingerprint density at radius 3 is 2.71 bits per heavy atom. The van der Waals surface area contributed by atoms with E-state index < -0.39 is 0 Å². The van der Waals surface area contributed by atoms with Crippen molar-refractivity contribution in [1.82, 2.24) is 14.8 Å². The second-order valence-electron chi connectivity index (χ2n) is 2.57. The molecule has 1 aromatic heterocycles. The van der Waals surface area contributed by atoms with Gasteiger partial charge in [-0.05, 0) is 45.7 Å². The lowest BCUT2D eigenvalue weighted by Gasteiger charge is -2.05. The summed E-state index contributed by atoms with van der Waals surface area (Å²) in [7, 11) is 0. The minimum atomic E-state index is 0.299. The van der Waals surface area contributed by atoms with Crippen molar-refractivity contribution in [3.63, 3.8) is 0 Å². The van der Waals surface area contributed by atoms with Gasteiger partial charge in [0.15, 0.2) is 0 Å². The Morgan fingerprint density at radius 1 is 1.29 bits per heavy atom. The largest absolute Gasteiger partial charge is 0.271 e. The van der Waals surface area contributed by atoms with E-state index in [4.69, 9.17) is 23.2 Å². The Morgan fingerprint density at radius 2 is 2.07 bits per heavy atom. The lowest BCUT2D eigenvalue weighted by molar-refractivity contribution is 1.05. The minimum Gasteiger partial charge on any atom is -0.271 e. The van der Waals surface area contributed by atoms with Crippen LogP contribution in [0.3, 0.4) is 0 Å². The van der Waals surface area contributed by atoms with Gasteiger partial charge in [0.1, 0.15) is 6.33 Å². The summed E-state index contributed by atoms with van der Waals surface area (Å²) in [6.07, 6.45) is 1.53. The monoisotopic (exact) mass is 291 g/mol. The minimum absolute atomic E-state index is 0.299. The fraction of sp³-hybridized carbons (Fsp3) is 0. The molecule has 0 fully saturated rings. The van der Waals surface area contributed by atoms with Gasteiger partial charge in [-0.3, -0.25) is 4.57 Å². The standard InChI is InChI=1S/C8H4BrCl2N3/c9-6-2-1-5(10)3-7(6)14-4-12-13-8(14)11/h1-4H. The van der Waals surface area contributed by atoms with Gasteiger partial charge in [0.25, 0.3) is 0 Å². The van der Waals surface area contributed by atoms with Gasteiger partial charge in [-0.15, -0.1) is 10.2 Å². The van der Waals surface area contributed by atoms with Crippen LogP contribution in [0.15, 0.2) is 29.0 Å². The van der Waals surface area contributed by atoms with E-state index in [2.05, 4.69) is 26.1 Å². The van der Waals surface area contributed by atoms with Crippen LogP contribution in [0, 0.1) is 0 Å². The first-order valence-electron chi connectivity index (χ1n) is 3.69. The van der Waals surface area contributed by atoms with Crippen molar-refractivity contribution in [2.75, 3.05) is 0 Å². The number of aromatic nitrogens is 3. The van der Waals surface area contributed by atoms with Crippen LogP contribution in [0.1, 0.15) is 0 Å². The number of hydrogen-bond donors (Lipinski definition) is 0. The molecule has 0 unspecified atom stereocenters. The lowest BCUT2D eigenvalue weighted by atomic mass is 10.3. The van der Waals surface area contributed by atoms with Gasteiger partial charge in [0.05, 0.1) is 5.69 Å². The van der Waals surface area contributed by atoms with Gasteiger partial charge in [-0.1, -0.05) is 11.6 Å². The maximum Gasteiger partial charge on any atom is 0.229 e. The van der Waals surface area contributed by atoms with Gasteiger partial charge < -0.3 is 0 Å². The molecule has 0 amide bonds. The van der Waals surface area contributed by atoms with E-state index in [9.17, 15) is 0 Å². The van der Waals surface area contributed by atoms with Crippen molar-refractivity contribution in [3.8, 4) is 5.69 Å². The van der Waals surface area contributed by atoms with E-state index >= 15 is 0 Å². The van der Waals surface area contributed by atoms with Gasteiger partial charge in [0.2, 0.25) is 5.28 Å². The van der Waals surface area contributed by atoms with E-state index in [0.717, 1.165) is 10.2 Å². The number of nitrogens with zero attached hydrogens (tertiary/aromatic N) is 3. The molecule has 1 heterocycles. The fourth-order valence-corrected chi connectivity index (χ4v) is 1.84. The smallest absolute Gasteiger partial charge is 0.229 e. The number of halogens is 3. The number of hydrogen-bond acceptors (Lipinski definition) is 2. The summed E-state index contributed by atoms with van der Waals surface area (Å²) in [6, 6.07) is 5.41. The molecule has 2 aromatic rings. The Labute approximate surface area is 98.8 Å². The first-order chi connectivity index (χ1) is 6.68.